The highest BCUT2D eigenvalue weighted by molar-refractivity contribution is 9.08. The van der Waals surface area contributed by atoms with Gasteiger partial charge in [-0.05, 0) is 17.2 Å². The molecule has 0 unspecified atom stereocenters. The number of alkyl halides is 1. The molecule has 0 fully saturated rings. The zero-order valence-electron chi connectivity index (χ0n) is 10.1. The molecular weight excluding hydrogens is 328 g/mol. The van der Waals surface area contributed by atoms with Gasteiger partial charge in [0.25, 0.3) is 5.91 Å². The van der Waals surface area contributed by atoms with E-state index in [9.17, 15) is 4.79 Å². The summed E-state index contributed by atoms with van der Waals surface area (Å²) in [7, 11) is 0. The van der Waals surface area contributed by atoms with E-state index in [0.717, 1.165) is 10.9 Å². The van der Waals surface area contributed by atoms with E-state index < -0.39 is 0 Å². The van der Waals surface area contributed by atoms with Crippen LogP contribution in [0.1, 0.15) is 21.5 Å². The van der Waals surface area contributed by atoms with Crippen LogP contribution in [0.25, 0.3) is 0 Å². The number of nitrogens with zero attached hydrogens (tertiary/aromatic N) is 1. The highest BCUT2D eigenvalue weighted by Crippen LogP contribution is 2.13. The molecule has 1 aromatic heterocycles. The van der Waals surface area contributed by atoms with E-state index in [4.69, 9.17) is 11.6 Å². The number of pyridine rings is 1. The molecule has 1 N–H and O–H groups in total. The number of aromatic nitrogens is 1. The third-order valence-electron chi connectivity index (χ3n) is 2.65. The summed E-state index contributed by atoms with van der Waals surface area (Å²) in [6.07, 6.45) is 3.01. The van der Waals surface area contributed by atoms with Crippen molar-refractivity contribution in [1.29, 1.82) is 0 Å². The van der Waals surface area contributed by atoms with Gasteiger partial charge in [-0.2, -0.15) is 0 Å². The molecule has 0 spiro atoms. The number of hydrogen-bond acceptors (Lipinski definition) is 2. The van der Waals surface area contributed by atoms with E-state index in [2.05, 4.69) is 26.2 Å². The second kappa shape index (κ2) is 6.68. The molecule has 1 heterocycles. The Hall–Kier alpha value is -1.39. The van der Waals surface area contributed by atoms with Crippen LogP contribution in [0.4, 0.5) is 0 Å². The van der Waals surface area contributed by atoms with Gasteiger partial charge in [0.1, 0.15) is 0 Å². The van der Waals surface area contributed by atoms with Gasteiger partial charge in [0, 0.05) is 24.3 Å². The smallest absolute Gasteiger partial charge is 0.253 e. The lowest BCUT2D eigenvalue weighted by atomic mass is 10.1. The molecule has 0 radical (unpaired) electrons. The Balaban J connectivity index is 1.98. The molecule has 0 aliphatic rings. The van der Waals surface area contributed by atoms with E-state index in [1.807, 2.05) is 24.3 Å². The summed E-state index contributed by atoms with van der Waals surface area (Å²) in [6, 6.07) is 9.63. The van der Waals surface area contributed by atoms with E-state index >= 15 is 0 Å². The predicted molar refractivity (Wildman–Crippen MR) is 79.5 cm³/mol. The average Bonchev–Trinajstić information content (AvgIpc) is 2.46. The Morgan fingerprint density at radius 3 is 2.53 bits per heavy atom. The predicted octanol–water partition coefficient (Wildman–Crippen LogP) is 3.56. The van der Waals surface area contributed by atoms with Gasteiger partial charge in [-0.25, -0.2) is 0 Å². The summed E-state index contributed by atoms with van der Waals surface area (Å²) in [5.74, 6) is -0.197. The molecule has 2 aromatic rings. The number of halogens is 2. The van der Waals surface area contributed by atoms with Crippen molar-refractivity contribution in [2.24, 2.45) is 0 Å². The Labute approximate surface area is 125 Å². The number of carbonyl (C=O) groups is 1. The summed E-state index contributed by atoms with van der Waals surface area (Å²) >= 11 is 9.30. The SMILES string of the molecule is O=C(NCc1ccc(CBr)cc1)c1ccncc1Cl. The van der Waals surface area contributed by atoms with Crippen LogP contribution in [0, 0.1) is 0 Å². The highest BCUT2D eigenvalue weighted by Gasteiger charge is 2.09. The number of carbonyl (C=O) groups excluding carboxylic acids is 1. The molecule has 98 valence electrons. The molecule has 2 rings (SSSR count). The molecule has 1 aromatic carbocycles. The maximum atomic E-state index is 11.9. The zero-order chi connectivity index (χ0) is 13.7. The van der Waals surface area contributed by atoms with Crippen molar-refractivity contribution in [1.82, 2.24) is 10.3 Å². The quantitative estimate of drug-likeness (QED) is 0.865. The Morgan fingerprint density at radius 1 is 1.21 bits per heavy atom. The molecule has 0 saturated heterocycles. The number of hydrogen-bond donors (Lipinski definition) is 1. The first-order chi connectivity index (χ1) is 9.20. The number of nitrogens with one attached hydrogen (secondary N) is 1. The summed E-state index contributed by atoms with van der Waals surface area (Å²) in [5.41, 5.74) is 2.68. The molecule has 19 heavy (non-hydrogen) atoms. The van der Waals surface area contributed by atoms with E-state index in [1.165, 1.54) is 11.8 Å². The first-order valence-corrected chi connectivity index (χ1v) is 7.22. The normalized spacial score (nSPS) is 10.2. The molecule has 0 aliphatic carbocycles. The fourth-order valence-corrected chi connectivity index (χ4v) is 2.16. The van der Waals surface area contributed by atoms with Crippen molar-refractivity contribution in [2.75, 3.05) is 0 Å². The van der Waals surface area contributed by atoms with Crippen molar-refractivity contribution in [3.63, 3.8) is 0 Å². The van der Waals surface area contributed by atoms with Crippen molar-refractivity contribution in [2.45, 2.75) is 11.9 Å². The number of benzene rings is 1. The molecule has 0 atom stereocenters. The minimum absolute atomic E-state index is 0.197. The van der Waals surface area contributed by atoms with Crippen LogP contribution in [0.5, 0.6) is 0 Å². The minimum atomic E-state index is -0.197. The fourth-order valence-electron chi connectivity index (χ4n) is 1.58. The van der Waals surface area contributed by atoms with Gasteiger partial charge in [0.2, 0.25) is 0 Å². The molecule has 0 bridgehead atoms. The number of amides is 1. The number of rotatable bonds is 4. The molecule has 0 aliphatic heterocycles. The van der Waals surface area contributed by atoms with Crippen LogP contribution in [0.3, 0.4) is 0 Å². The van der Waals surface area contributed by atoms with Gasteiger partial charge < -0.3 is 5.32 Å². The van der Waals surface area contributed by atoms with Gasteiger partial charge in [-0.15, -0.1) is 0 Å². The maximum absolute atomic E-state index is 11.9. The molecule has 3 nitrogen and oxygen atoms in total. The van der Waals surface area contributed by atoms with Gasteiger partial charge in [-0.1, -0.05) is 51.8 Å². The molecule has 5 heteroatoms. The van der Waals surface area contributed by atoms with Crippen molar-refractivity contribution < 1.29 is 4.79 Å². The lowest BCUT2D eigenvalue weighted by Crippen LogP contribution is -2.23. The lowest BCUT2D eigenvalue weighted by Gasteiger charge is -2.07. The standard InChI is InChI=1S/C14H12BrClN2O/c15-7-10-1-3-11(4-2-10)8-18-14(19)12-5-6-17-9-13(12)16/h1-6,9H,7-8H2,(H,18,19). The van der Waals surface area contributed by atoms with Gasteiger partial charge in [-0.3, -0.25) is 9.78 Å². The Kier molecular flexibility index (Phi) is 4.93. The Bertz CT molecular complexity index is 572. The van der Waals surface area contributed by atoms with Crippen molar-refractivity contribution in [3.8, 4) is 0 Å². The molecule has 0 saturated carbocycles. The largest absolute Gasteiger partial charge is 0.348 e. The lowest BCUT2D eigenvalue weighted by molar-refractivity contribution is 0.0951. The van der Waals surface area contributed by atoms with Crippen molar-refractivity contribution in [3.05, 3.63) is 64.4 Å². The first kappa shape index (κ1) is 14.0. The van der Waals surface area contributed by atoms with Crippen LogP contribution < -0.4 is 5.32 Å². The molecular formula is C14H12BrClN2O. The maximum Gasteiger partial charge on any atom is 0.253 e. The van der Waals surface area contributed by atoms with E-state index in [-0.39, 0.29) is 5.91 Å². The summed E-state index contributed by atoms with van der Waals surface area (Å²) in [4.78, 5) is 15.8. The monoisotopic (exact) mass is 338 g/mol. The minimum Gasteiger partial charge on any atom is -0.348 e. The van der Waals surface area contributed by atoms with Crippen LogP contribution in [-0.2, 0) is 11.9 Å². The van der Waals surface area contributed by atoms with Gasteiger partial charge in [0.15, 0.2) is 0 Å². The second-order valence-electron chi connectivity index (χ2n) is 3.99. The Morgan fingerprint density at radius 2 is 1.89 bits per heavy atom. The highest BCUT2D eigenvalue weighted by atomic mass is 79.9. The second-order valence-corrected chi connectivity index (χ2v) is 4.96. The first-order valence-electron chi connectivity index (χ1n) is 5.72. The average molecular weight is 340 g/mol. The van der Waals surface area contributed by atoms with Gasteiger partial charge >= 0.3 is 0 Å². The third-order valence-corrected chi connectivity index (χ3v) is 3.60. The summed E-state index contributed by atoms with van der Waals surface area (Å²) < 4.78 is 0. The van der Waals surface area contributed by atoms with Crippen LogP contribution in [0.15, 0.2) is 42.7 Å². The van der Waals surface area contributed by atoms with E-state index in [1.54, 1.807) is 12.3 Å². The van der Waals surface area contributed by atoms with Crippen LogP contribution in [-0.4, -0.2) is 10.9 Å². The van der Waals surface area contributed by atoms with Crippen molar-refractivity contribution >= 4 is 33.4 Å². The topological polar surface area (TPSA) is 42.0 Å². The van der Waals surface area contributed by atoms with Crippen LogP contribution >= 0.6 is 27.5 Å². The summed E-state index contributed by atoms with van der Waals surface area (Å²) in [6.45, 7) is 0.472. The van der Waals surface area contributed by atoms with E-state index in [0.29, 0.717) is 17.1 Å². The third kappa shape index (κ3) is 3.78. The zero-order valence-corrected chi connectivity index (χ0v) is 12.4. The van der Waals surface area contributed by atoms with Gasteiger partial charge in [0.05, 0.1) is 10.6 Å². The summed E-state index contributed by atoms with van der Waals surface area (Å²) in [5, 5.41) is 4.01. The molecule has 1 amide bonds. The van der Waals surface area contributed by atoms with Crippen LogP contribution in [0.2, 0.25) is 5.02 Å². The fraction of sp³-hybridized carbons (Fsp3) is 0.143.